The fourth-order valence-electron chi connectivity index (χ4n) is 1.77. The van der Waals surface area contributed by atoms with Crippen LogP contribution in [0.5, 0.6) is 0 Å². The fourth-order valence-corrected chi connectivity index (χ4v) is 1.99. The second-order valence-corrected chi connectivity index (χ2v) is 4.83. The number of alkyl halides is 3. The molecule has 0 radical (unpaired) electrons. The minimum Gasteiger partial charge on any atom is -0.381 e. The number of hydrogen-bond donors (Lipinski definition) is 1. The Kier molecular flexibility index (Phi) is 3.94. The molecule has 0 bridgehead atoms. The Hall–Kier alpha value is -1.69. The summed E-state index contributed by atoms with van der Waals surface area (Å²) >= 11 is 5.57. The molecule has 0 unspecified atom stereocenters. The number of nitrogens with one attached hydrogen (secondary N) is 1. The van der Waals surface area contributed by atoms with E-state index in [1.54, 1.807) is 10.9 Å². The third-order valence-electron chi connectivity index (χ3n) is 3.09. The predicted molar refractivity (Wildman–Crippen MR) is 71.7 cm³/mol. The lowest BCUT2D eigenvalue weighted by atomic mass is 10.2. The van der Waals surface area contributed by atoms with Crippen LogP contribution < -0.4 is 5.32 Å². The van der Waals surface area contributed by atoms with E-state index in [4.69, 9.17) is 11.6 Å². The number of aryl methyl sites for hydroxylation is 1. The molecule has 7 heteroatoms. The number of aromatic nitrogens is 2. The maximum atomic E-state index is 12.7. The van der Waals surface area contributed by atoms with Crippen LogP contribution in [0.25, 0.3) is 0 Å². The maximum Gasteiger partial charge on any atom is 0.417 e. The van der Waals surface area contributed by atoms with Crippen LogP contribution in [-0.4, -0.2) is 9.78 Å². The average molecular weight is 304 g/mol. The van der Waals surface area contributed by atoms with E-state index in [0.717, 1.165) is 17.3 Å². The highest BCUT2D eigenvalue weighted by Crippen LogP contribution is 2.36. The van der Waals surface area contributed by atoms with Crippen molar-refractivity contribution in [2.75, 3.05) is 5.32 Å². The van der Waals surface area contributed by atoms with E-state index < -0.39 is 11.7 Å². The number of nitrogens with zero attached hydrogens (tertiary/aromatic N) is 2. The van der Waals surface area contributed by atoms with Gasteiger partial charge in [-0.1, -0.05) is 11.6 Å². The smallest absolute Gasteiger partial charge is 0.381 e. The van der Waals surface area contributed by atoms with Gasteiger partial charge in [-0.2, -0.15) is 18.3 Å². The van der Waals surface area contributed by atoms with Crippen LogP contribution in [0.2, 0.25) is 5.02 Å². The summed E-state index contributed by atoms with van der Waals surface area (Å²) in [6.07, 6.45) is -2.78. The molecule has 0 spiro atoms. The molecule has 0 amide bonds. The van der Waals surface area contributed by atoms with Gasteiger partial charge in [0.2, 0.25) is 0 Å². The van der Waals surface area contributed by atoms with Crippen LogP contribution in [-0.2, 0) is 19.8 Å². The summed E-state index contributed by atoms with van der Waals surface area (Å²) in [5, 5.41) is 6.71. The van der Waals surface area contributed by atoms with Crippen molar-refractivity contribution in [2.24, 2.45) is 7.05 Å². The molecule has 20 heavy (non-hydrogen) atoms. The second-order valence-electron chi connectivity index (χ2n) is 4.42. The Labute approximate surface area is 119 Å². The third kappa shape index (κ3) is 3.07. The SMILES string of the molecule is Cc1c(CNc2ccc(Cl)c(C(F)(F)F)c2)cnn1C. The molecule has 2 rings (SSSR count). The summed E-state index contributed by atoms with van der Waals surface area (Å²) in [5.41, 5.74) is 1.41. The van der Waals surface area contributed by atoms with Gasteiger partial charge >= 0.3 is 6.18 Å². The average Bonchev–Trinajstić information content (AvgIpc) is 2.68. The third-order valence-corrected chi connectivity index (χ3v) is 3.42. The molecule has 0 aliphatic heterocycles. The van der Waals surface area contributed by atoms with E-state index in [-0.39, 0.29) is 5.02 Å². The number of hydrogen-bond acceptors (Lipinski definition) is 2. The minimum atomic E-state index is -4.46. The Balaban J connectivity index is 2.17. The number of benzene rings is 1. The van der Waals surface area contributed by atoms with Crippen LogP contribution in [0.15, 0.2) is 24.4 Å². The van der Waals surface area contributed by atoms with Gasteiger partial charge in [0.1, 0.15) is 0 Å². The van der Waals surface area contributed by atoms with Crippen molar-refractivity contribution in [3.05, 3.63) is 46.2 Å². The summed E-state index contributed by atoms with van der Waals surface area (Å²) in [6.45, 7) is 2.30. The molecule has 0 aliphatic carbocycles. The molecule has 0 saturated heterocycles. The molecule has 2 aromatic rings. The van der Waals surface area contributed by atoms with Gasteiger partial charge in [0.05, 0.1) is 16.8 Å². The molecule has 1 N–H and O–H groups in total. The molecular weight excluding hydrogens is 291 g/mol. The van der Waals surface area contributed by atoms with E-state index >= 15 is 0 Å². The summed E-state index contributed by atoms with van der Waals surface area (Å²) in [4.78, 5) is 0. The molecule has 1 aromatic carbocycles. The Morgan fingerprint density at radius 3 is 2.60 bits per heavy atom. The van der Waals surface area contributed by atoms with Gasteiger partial charge in [0, 0.05) is 30.5 Å². The summed E-state index contributed by atoms with van der Waals surface area (Å²) < 4.78 is 39.9. The maximum absolute atomic E-state index is 12.7. The van der Waals surface area contributed by atoms with Crippen molar-refractivity contribution in [2.45, 2.75) is 19.6 Å². The first-order chi connectivity index (χ1) is 9.29. The molecule has 108 valence electrons. The molecule has 3 nitrogen and oxygen atoms in total. The number of anilines is 1. The Morgan fingerprint density at radius 1 is 1.35 bits per heavy atom. The first kappa shape index (κ1) is 14.7. The lowest BCUT2D eigenvalue weighted by molar-refractivity contribution is -0.137. The van der Waals surface area contributed by atoms with Crippen LogP contribution in [0, 0.1) is 6.92 Å². The van der Waals surface area contributed by atoms with E-state index in [1.165, 1.54) is 12.1 Å². The lowest BCUT2D eigenvalue weighted by Crippen LogP contribution is -2.08. The zero-order valence-corrected chi connectivity index (χ0v) is 11.7. The zero-order valence-electron chi connectivity index (χ0n) is 10.9. The number of halogens is 4. The predicted octanol–water partition coefficient (Wildman–Crippen LogP) is 4.01. The Morgan fingerprint density at radius 2 is 2.05 bits per heavy atom. The van der Waals surface area contributed by atoms with E-state index in [2.05, 4.69) is 10.4 Å². The van der Waals surface area contributed by atoms with Gasteiger partial charge in [0.15, 0.2) is 0 Å². The van der Waals surface area contributed by atoms with Gasteiger partial charge in [-0.25, -0.2) is 0 Å². The van der Waals surface area contributed by atoms with Crippen molar-refractivity contribution in [1.82, 2.24) is 9.78 Å². The van der Waals surface area contributed by atoms with Crippen molar-refractivity contribution in [3.63, 3.8) is 0 Å². The van der Waals surface area contributed by atoms with Crippen molar-refractivity contribution >= 4 is 17.3 Å². The molecule has 1 aromatic heterocycles. The van der Waals surface area contributed by atoms with Gasteiger partial charge in [0.25, 0.3) is 0 Å². The second kappa shape index (κ2) is 5.36. The first-order valence-electron chi connectivity index (χ1n) is 5.87. The number of rotatable bonds is 3. The lowest BCUT2D eigenvalue weighted by Gasteiger charge is -2.12. The Bertz CT molecular complexity index is 620. The zero-order chi connectivity index (χ0) is 14.9. The normalized spacial score (nSPS) is 11.7. The molecule has 0 aliphatic rings. The highest BCUT2D eigenvalue weighted by molar-refractivity contribution is 6.31. The molecular formula is C13H13ClF3N3. The van der Waals surface area contributed by atoms with Crippen LogP contribution >= 0.6 is 11.6 Å². The molecule has 0 atom stereocenters. The van der Waals surface area contributed by atoms with Crippen molar-refractivity contribution in [3.8, 4) is 0 Å². The first-order valence-corrected chi connectivity index (χ1v) is 6.25. The highest BCUT2D eigenvalue weighted by Gasteiger charge is 2.33. The van der Waals surface area contributed by atoms with Gasteiger partial charge in [-0.15, -0.1) is 0 Å². The van der Waals surface area contributed by atoms with Crippen molar-refractivity contribution in [1.29, 1.82) is 0 Å². The minimum absolute atomic E-state index is 0.305. The van der Waals surface area contributed by atoms with E-state index in [1.807, 2.05) is 14.0 Å². The molecule has 0 saturated carbocycles. The van der Waals surface area contributed by atoms with Gasteiger partial charge < -0.3 is 5.32 Å². The largest absolute Gasteiger partial charge is 0.417 e. The summed E-state index contributed by atoms with van der Waals surface area (Å²) in [5.74, 6) is 0. The quantitative estimate of drug-likeness (QED) is 0.928. The monoisotopic (exact) mass is 303 g/mol. The van der Waals surface area contributed by atoms with E-state index in [0.29, 0.717) is 12.2 Å². The van der Waals surface area contributed by atoms with Crippen LogP contribution in [0.3, 0.4) is 0 Å². The van der Waals surface area contributed by atoms with Gasteiger partial charge in [-0.05, 0) is 25.1 Å². The molecule has 0 fully saturated rings. The standard InChI is InChI=1S/C13H13ClF3N3/c1-8-9(7-19-20(8)2)6-18-10-3-4-12(14)11(5-10)13(15,16)17/h3-5,7,18H,6H2,1-2H3. The van der Waals surface area contributed by atoms with Crippen LogP contribution in [0.1, 0.15) is 16.8 Å². The fraction of sp³-hybridized carbons (Fsp3) is 0.308. The topological polar surface area (TPSA) is 29.9 Å². The van der Waals surface area contributed by atoms with Crippen molar-refractivity contribution < 1.29 is 13.2 Å². The highest BCUT2D eigenvalue weighted by atomic mass is 35.5. The van der Waals surface area contributed by atoms with E-state index in [9.17, 15) is 13.2 Å². The molecule has 1 heterocycles. The summed E-state index contributed by atoms with van der Waals surface area (Å²) in [6, 6.07) is 3.76. The van der Waals surface area contributed by atoms with Crippen LogP contribution in [0.4, 0.5) is 18.9 Å². The summed E-state index contributed by atoms with van der Waals surface area (Å²) in [7, 11) is 1.81. The van der Waals surface area contributed by atoms with Gasteiger partial charge in [-0.3, -0.25) is 4.68 Å².